The van der Waals surface area contributed by atoms with Gasteiger partial charge in [-0.2, -0.15) is 0 Å². The topological polar surface area (TPSA) is 123 Å². The molecule has 5 rings (SSSR count). The number of aliphatic hydroxyl groups is 1. The molecule has 220 valence electrons. The van der Waals surface area contributed by atoms with E-state index in [1.165, 1.54) is 27.8 Å². The van der Waals surface area contributed by atoms with Crippen LogP contribution in [0.2, 0.25) is 0 Å². The lowest BCUT2D eigenvalue weighted by Gasteiger charge is -2.30. The van der Waals surface area contributed by atoms with Crippen LogP contribution in [-0.2, 0) is 25.5 Å². The standard InChI is InChI=1S/C34H39N3O5/c35-29-14-3-4-15-30(29)37-32(39)16-5-6-17-36-34(40)31-21-24(22-33(42-31)41-19-8-7-18-38)26-12-9-13-27-25-11-2-1-10-23(25)20-28(26)27/h1-4,9-15,21,24,33,38H,5-8,16-20,22,35H2,(H,36,40)(H,37,39)/t24-,33+/m0/s1. The van der Waals surface area contributed by atoms with Crippen molar-refractivity contribution in [2.45, 2.75) is 57.2 Å². The molecule has 5 N–H and O–H groups in total. The number of aliphatic hydroxyl groups excluding tert-OH is 1. The molecule has 0 saturated heterocycles. The molecular formula is C34H39N3O5. The number of rotatable bonds is 13. The fraction of sp³-hybridized carbons (Fsp3) is 0.353. The Bertz CT molecular complexity index is 1440. The first kappa shape index (κ1) is 29.4. The molecule has 0 fully saturated rings. The fourth-order valence-corrected chi connectivity index (χ4v) is 5.62. The molecular weight excluding hydrogens is 530 g/mol. The zero-order valence-electron chi connectivity index (χ0n) is 23.8. The summed E-state index contributed by atoms with van der Waals surface area (Å²) in [5.74, 6) is -0.190. The quantitative estimate of drug-likeness (QED) is 0.129. The molecule has 0 unspecified atom stereocenters. The zero-order valence-corrected chi connectivity index (χ0v) is 23.8. The molecule has 3 aromatic carbocycles. The number of carbonyl (C=O) groups is 2. The minimum atomic E-state index is -0.562. The Hall–Kier alpha value is -4.14. The molecule has 1 aliphatic carbocycles. The Kier molecular flexibility index (Phi) is 9.90. The molecule has 1 aliphatic heterocycles. The highest BCUT2D eigenvalue weighted by atomic mass is 16.7. The Balaban J connectivity index is 1.20. The number of nitrogen functional groups attached to an aromatic ring is 1. The summed E-state index contributed by atoms with van der Waals surface area (Å²) in [4.78, 5) is 25.5. The number of para-hydroxylation sites is 2. The van der Waals surface area contributed by atoms with Gasteiger partial charge in [-0.1, -0.05) is 54.6 Å². The summed E-state index contributed by atoms with van der Waals surface area (Å²) < 4.78 is 12.0. The average Bonchev–Trinajstić information content (AvgIpc) is 3.39. The number of hydrogen-bond acceptors (Lipinski definition) is 6. The second-order valence-corrected chi connectivity index (χ2v) is 10.8. The van der Waals surface area contributed by atoms with Crippen molar-refractivity contribution in [3.63, 3.8) is 0 Å². The monoisotopic (exact) mass is 569 g/mol. The predicted molar refractivity (Wildman–Crippen MR) is 164 cm³/mol. The fourth-order valence-electron chi connectivity index (χ4n) is 5.62. The predicted octanol–water partition coefficient (Wildman–Crippen LogP) is 5.27. The van der Waals surface area contributed by atoms with Gasteiger partial charge >= 0.3 is 0 Å². The number of hydrogen-bond donors (Lipinski definition) is 4. The molecule has 8 nitrogen and oxygen atoms in total. The summed E-state index contributed by atoms with van der Waals surface area (Å²) in [7, 11) is 0. The van der Waals surface area contributed by atoms with Gasteiger partial charge in [0.15, 0.2) is 5.76 Å². The average molecular weight is 570 g/mol. The highest BCUT2D eigenvalue weighted by molar-refractivity contribution is 5.94. The maximum Gasteiger partial charge on any atom is 0.286 e. The van der Waals surface area contributed by atoms with Crippen molar-refractivity contribution in [1.82, 2.24) is 5.32 Å². The summed E-state index contributed by atoms with van der Waals surface area (Å²) in [5.41, 5.74) is 13.3. The van der Waals surface area contributed by atoms with Gasteiger partial charge in [0.1, 0.15) is 0 Å². The van der Waals surface area contributed by atoms with Crippen LogP contribution in [0.4, 0.5) is 11.4 Å². The first-order chi connectivity index (χ1) is 20.5. The van der Waals surface area contributed by atoms with Crippen molar-refractivity contribution < 1.29 is 24.2 Å². The van der Waals surface area contributed by atoms with Crippen LogP contribution in [0.5, 0.6) is 0 Å². The van der Waals surface area contributed by atoms with Crippen LogP contribution < -0.4 is 16.4 Å². The third kappa shape index (κ3) is 7.19. The van der Waals surface area contributed by atoms with E-state index in [0.29, 0.717) is 63.1 Å². The minimum absolute atomic E-state index is 0.0410. The van der Waals surface area contributed by atoms with Gasteiger partial charge < -0.3 is 30.9 Å². The third-order valence-corrected chi connectivity index (χ3v) is 7.77. The van der Waals surface area contributed by atoms with E-state index in [1.807, 2.05) is 18.2 Å². The van der Waals surface area contributed by atoms with Gasteiger partial charge in [-0.05, 0) is 78.1 Å². The molecule has 2 amide bonds. The zero-order chi connectivity index (χ0) is 29.3. The van der Waals surface area contributed by atoms with E-state index in [-0.39, 0.29) is 30.1 Å². The van der Waals surface area contributed by atoms with Crippen LogP contribution >= 0.6 is 0 Å². The van der Waals surface area contributed by atoms with Crippen LogP contribution in [0.15, 0.2) is 78.6 Å². The van der Waals surface area contributed by atoms with E-state index in [4.69, 9.17) is 20.3 Å². The first-order valence-electron chi connectivity index (χ1n) is 14.8. The third-order valence-electron chi connectivity index (χ3n) is 7.77. The highest BCUT2D eigenvalue weighted by Crippen LogP contribution is 2.42. The molecule has 0 saturated carbocycles. The van der Waals surface area contributed by atoms with Crippen LogP contribution in [0.25, 0.3) is 11.1 Å². The van der Waals surface area contributed by atoms with Crippen molar-refractivity contribution in [2.75, 3.05) is 30.8 Å². The molecule has 1 heterocycles. The smallest absolute Gasteiger partial charge is 0.286 e. The highest BCUT2D eigenvalue weighted by Gasteiger charge is 2.31. The maximum atomic E-state index is 13.2. The van der Waals surface area contributed by atoms with Crippen molar-refractivity contribution in [1.29, 1.82) is 0 Å². The molecule has 2 aliphatic rings. The molecule has 42 heavy (non-hydrogen) atoms. The van der Waals surface area contributed by atoms with E-state index in [0.717, 1.165) is 6.42 Å². The number of unbranched alkanes of at least 4 members (excludes halogenated alkanes) is 2. The van der Waals surface area contributed by atoms with E-state index in [1.54, 1.807) is 12.1 Å². The Labute approximate surface area is 246 Å². The van der Waals surface area contributed by atoms with E-state index in [2.05, 4.69) is 53.1 Å². The number of fused-ring (bicyclic) bond motifs is 3. The Morgan fingerprint density at radius 1 is 0.952 bits per heavy atom. The van der Waals surface area contributed by atoms with Crippen LogP contribution in [-0.4, -0.2) is 43.0 Å². The molecule has 0 bridgehead atoms. The lowest BCUT2D eigenvalue weighted by molar-refractivity contribution is -0.146. The number of amides is 2. The molecule has 0 aromatic heterocycles. The van der Waals surface area contributed by atoms with Gasteiger partial charge in [0, 0.05) is 31.9 Å². The number of anilines is 2. The van der Waals surface area contributed by atoms with E-state index < -0.39 is 6.29 Å². The molecule has 0 spiro atoms. The first-order valence-corrected chi connectivity index (χ1v) is 14.8. The number of carbonyl (C=O) groups excluding carboxylic acids is 2. The lowest BCUT2D eigenvalue weighted by Crippen LogP contribution is -2.33. The number of nitrogens with two attached hydrogens (primary N) is 1. The van der Waals surface area contributed by atoms with Gasteiger partial charge in [-0.25, -0.2) is 0 Å². The summed E-state index contributed by atoms with van der Waals surface area (Å²) >= 11 is 0. The van der Waals surface area contributed by atoms with Crippen molar-refractivity contribution in [3.05, 3.63) is 95.3 Å². The van der Waals surface area contributed by atoms with Gasteiger partial charge in [-0.15, -0.1) is 0 Å². The Morgan fingerprint density at radius 2 is 1.76 bits per heavy atom. The second kappa shape index (κ2) is 14.2. The number of allylic oxidation sites excluding steroid dienone is 1. The normalized spacial score (nSPS) is 17.0. The minimum Gasteiger partial charge on any atom is -0.459 e. The number of benzene rings is 3. The second-order valence-electron chi connectivity index (χ2n) is 10.8. The molecule has 3 aromatic rings. The lowest BCUT2D eigenvalue weighted by atomic mass is 9.87. The Morgan fingerprint density at radius 3 is 2.62 bits per heavy atom. The van der Waals surface area contributed by atoms with Gasteiger partial charge in [-0.3, -0.25) is 9.59 Å². The van der Waals surface area contributed by atoms with E-state index in [9.17, 15) is 9.59 Å². The summed E-state index contributed by atoms with van der Waals surface area (Å²) in [6.07, 6.45) is 5.78. The SMILES string of the molecule is Nc1ccccc1NC(=O)CCCCNC(=O)C1=C[C@H](c2cccc3c2Cc2ccccc2-3)C[C@H](OCCCCO)O1. The largest absolute Gasteiger partial charge is 0.459 e. The number of nitrogens with one attached hydrogen (secondary N) is 2. The van der Waals surface area contributed by atoms with Crippen molar-refractivity contribution in [2.24, 2.45) is 0 Å². The number of ether oxygens (including phenoxy) is 2. The molecule has 0 radical (unpaired) electrons. The van der Waals surface area contributed by atoms with Gasteiger partial charge in [0.25, 0.3) is 5.91 Å². The van der Waals surface area contributed by atoms with Crippen LogP contribution in [0, 0.1) is 0 Å². The van der Waals surface area contributed by atoms with Gasteiger partial charge in [0.05, 0.1) is 18.0 Å². The van der Waals surface area contributed by atoms with Crippen molar-refractivity contribution >= 4 is 23.2 Å². The molecule has 2 atom stereocenters. The van der Waals surface area contributed by atoms with Crippen LogP contribution in [0.3, 0.4) is 0 Å². The van der Waals surface area contributed by atoms with E-state index >= 15 is 0 Å². The molecule has 8 heteroatoms. The van der Waals surface area contributed by atoms with Crippen molar-refractivity contribution in [3.8, 4) is 11.1 Å². The summed E-state index contributed by atoms with van der Waals surface area (Å²) in [6, 6.07) is 22.0. The summed E-state index contributed by atoms with van der Waals surface area (Å²) in [6.45, 7) is 0.981. The summed E-state index contributed by atoms with van der Waals surface area (Å²) in [5, 5.41) is 14.9. The maximum absolute atomic E-state index is 13.2. The van der Waals surface area contributed by atoms with Gasteiger partial charge in [0.2, 0.25) is 12.2 Å². The van der Waals surface area contributed by atoms with Crippen LogP contribution in [0.1, 0.15) is 61.1 Å².